The quantitative estimate of drug-likeness (QED) is 0.252. The summed E-state index contributed by atoms with van der Waals surface area (Å²) in [4.78, 5) is 10.7. The highest BCUT2D eigenvalue weighted by Gasteiger charge is 2.20. The highest BCUT2D eigenvalue weighted by atomic mass is 16.5. The Bertz CT molecular complexity index is 115. The van der Waals surface area contributed by atoms with E-state index < -0.39 is 12.0 Å². The van der Waals surface area contributed by atoms with Gasteiger partial charge in [0.1, 0.15) is 6.04 Å². The second kappa shape index (κ2) is 4.21. The third-order valence-corrected chi connectivity index (χ3v) is 1.16. The maximum atomic E-state index is 10.7. The lowest BCUT2D eigenvalue weighted by molar-refractivity contribution is -0.143. The van der Waals surface area contributed by atoms with Gasteiger partial charge in [-0.1, -0.05) is 0 Å². The van der Waals surface area contributed by atoms with Gasteiger partial charge in [0.25, 0.3) is 0 Å². The van der Waals surface area contributed by atoms with Crippen LogP contribution in [0, 0.1) is 0 Å². The van der Waals surface area contributed by atoms with Gasteiger partial charge in [-0.05, 0) is 6.92 Å². The number of hydrogen-bond donors (Lipinski definition) is 3. The molecular weight excluding hydrogens is 134 g/mol. The number of rotatable bonds is 3. The van der Waals surface area contributed by atoms with Crippen LogP contribution in [0.5, 0.6) is 0 Å². The summed E-state index contributed by atoms with van der Waals surface area (Å²) < 4.78 is 4.40. The van der Waals surface area contributed by atoms with Crippen LogP contribution < -0.4 is 17.0 Å². The Labute approximate surface area is 59.7 Å². The standard InChI is InChI=1S/C5H13N3O2/c1-3(6)4(8-7)5(9)10-2/h3-4,8H,6-7H2,1-2H3. The Kier molecular flexibility index (Phi) is 3.94. The Morgan fingerprint density at radius 1 is 1.70 bits per heavy atom. The molecule has 0 fully saturated rings. The summed E-state index contributed by atoms with van der Waals surface area (Å²) in [5, 5.41) is 0. The molecule has 0 saturated heterocycles. The molecule has 0 heterocycles. The zero-order chi connectivity index (χ0) is 8.15. The van der Waals surface area contributed by atoms with E-state index in [-0.39, 0.29) is 6.04 Å². The van der Waals surface area contributed by atoms with Crippen molar-refractivity contribution in [3.05, 3.63) is 0 Å². The van der Waals surface area contributed by atoms with Gasteiger partial charge in [0.05, 0.1) is 7.11 Å². The Hall–Kier alpha value is -0.650. The van der Waals surface area contributed by atoms with Crippen molar-refractivity contribution in [2.24, 2.45) is 11.6 Å². The lowest BCUT2D eigenvalue weighted by Gasteiger charge is -2.16. The molecule has 0 aromatic rings. The SMILES string of the molecule is COC(=O)C(NN)C(C)N. The van der Waals surface area contributed by atoms with Crippen LogP contribution in [0.4, 0.5) is 0 Å². The molecule has 0 amide bonds. The zero-order valence-corrected chi connectivity index (χ0v) is 6.13. The molecular formula is C5H13N3O2. The number of nitrogens with two attached hydrogens (primary N) is 2. The molecule has 0 aliphatic carbocycles. The first kappa shape index (κ1) is 9.35. The minimum atomic E-state index is -0.620. The minimum Gasteiger partial charge on any atom is -0.468 e. The molecule has 0 aliphatic rings. The lowest BCUT2D eigenvalue weighted by Crippen LogP contribution is -2.52. The van der Waals surface area contributed by atoms with E-state index in [0.717, 1.165) is 0 Å². The molecule has 0 saturated carbocycles. The van der Waals surface area contributed by atoms with Crippen molar-refractivity contribution >= 4 is 5.97 Å². The van der Waals surface area contributed by atoms with Gasteiger partial charge < -0.3 is 10.5 Å². The molecule has 2 atom stereocenters. The average molecular weight is 147 g/mol. The van der Waals surface area contributed by atoms with Crippen LogP contribution in [0.15, 0.2) is 0 Å². The maximum Gasteiger partial charge on any atom is 0.325 e. The van der Waals surface area contributed by atoms with Gasteiger partial charge in [0.15, 0.2) is 0 Å². The Morgan fingerprint density at radius 3 is 2.30 bits per heavy atom. The van der Waals surface area contributed by atoms with Gasteiger partial charge >= 0.3 is 5.97 Å². The van der Waals surface area contributed by atoms with Gasteiger partial charge in [0.2, 0.25) is 0 Å². The van der Waals surface area contributed by atoms with Gasteiger partial charge in [-0.15, -0.1) is 0 Å². The summed E-state index contributed by atoms with van der Waals surface area (Å²) in [6, 6.07) is -0.970. The van der Waals surface area contributed by atoms with E-state index in [9.17, 15) is 4.79 Å². The van der Waals surface area contributed by atoms with Crippen molar-refractivity contribution in [3.63, 3.8) is 0 Å². The third kappa shape index (κ3) is 2.30. The van der Waals surface area contributed by atoms with Crippen LogP contribution in [-0.2, 0) is 9.53 Å². The van der Waals surface area contributed by atoms with Crippen LogP contribution >= 0.6 is 0 Å². The molecule has 5 nitrogen and oxygen atoms in total. The number of ether oxygens (including phenoxy) is 1. The van der Waals surface area contributed by atoms with Crippen LogP contribution in [0.25, 0.3) is 0 Å². The van der Waals surface area contributed by atoms with Crippen molar-refractivity contribution < 1.29 is 9.53 Å². The Balaban J connectivity index is 3.93. The molecule has 0 aliphatic heterocycles. The normalized spacial score (nSPS) is 16.0. The molecule has 5 N–H and O–H groups in total. The first-order valence-electron chi connectivity index (χ1n) is 2.93. The summed E-state index contributed by atoms with van der Waals surface area (Å²) >= 11 is 0. The summed E-state index contributed by atoms with van der Waals surface area (Å²) in [6.07, 6.45) is 0. The topological polar surface area (TPSA) is 90.4 Å². The first-order chi connectivity index (χ1) is 4.63. The highest BCUT2D eigenvalue weighted by Crippen LogP contribution is 1.89. The summed E-state index contributed by atoms with van der Waals surface area (Å²) in [5.74, 6) is 4.57. The van der Waals surface area contributed by atoms with Crippen molar-refractivity contribution in [2.45, 2.75) is 19.0 Å². The number of nitrogens with one attached hydrogen (secondary N) is 1. The van der Waals surface area contributed by atoms with Crippen LogP contribution in [0.3, 0.4) is 0 Å². The van der Waals surface area contributed by atoms with Crippen LogP contribution in [-0.4, -0.2) is 25.2 Å². The van der Waals surface area contributed by atoms with E-state index in [4.69, 9.17) is 11.6 Å². The second-order valence-electron chi connectivity index (χ2n) is 2.03. The minimum absolute atomic E-state index is 0.350. The third-order valence-electron chi connectivity index (χ3n) is 1.16. The number of carbonyl (C=O) groups excluding carboxylic acids is 1. The van der Waals surface area contributed by atoms with Gasteiger partial charge in [-0.2, -0.15) is 0 Å². The fraction of sp³-hybridized carbons (Fsp3) is 0.800. The van der Waals surface area contributed by atoms with E-state index in [1.54, 1.807) is 6.92 Å². The molecule has 0 bridgehead atoms. The lowest BCUT2D eigenvalue weighted by atomic mass is 10.2. The van der Waals surface area contributed by atoms with E-state index in [1.807, 2.05) is 0 Å². The van der Waals surface area contributed by atoms with Gasteiger partial charge in [-0.3, -0.25) is 10.6 Å². The van der Waals surface area contributed by atoms with Crippen molar-refractivity contribution in [3.8, 4) is 0 Å². The molecule has 0 radical (unpaired) electrons. The Morgan fingerprint density at radius 2 is 2.20 bits per heavy atom. The van der Waals surface area contributed by atoms with Gasteiger partial charge in [-0.25, -0.2) is 5.43 Å². The number of carbonyl (C=O) groups is 1. The predicted octanol–water partition coefficient (Wildman–Crippen LogP) is -1.66. The predicted molar refractivity (Wildman–Crippen MR) is 36.8 cm³/mol. The van der Waals surface area contributed by atoms with Crippen molar-refractivity contribution in [1.82, 2.24) is 5.43 Å². The molecule has 5 heteroatoms. The monoisotopic (exact) mass is 147 g/mol. The van der Waals surface area contributed by atoms with E-state index in [0.29, 0.717) is 0 Å². The van der Waals surface area contributed by atoms with Crippen LogP contribution in [0.1, 0.15) is 6.92 Å². The molecule has 0 aromatic heterocycles. The highest BCUT2D eigenvalue weighted by molar-refractivity contribution is 5.76. The summed E-state index contributed by atoms with van der Waals surface area (Å²) in [5.41, 5.74) is 7.63. The van der Waals surface area contributed by atoms with Gasteiger partial charge in [0, 0.05) is 6.04 Å². The van der Waals surface area contributed by atoms with Crippen LogP contribution in [0.2, 0.25) is 0 Å². The molecule has 60 valence electrons. The molecule has 0 aromatic carbocycles. The smallest absolute Gasteiger partial charge is 0.325 e. The van der Waals surface area contributed by atoms with E-state index in [2.05, 4.69) is 10.2 Å². The zero-order valence-electron chi connectivity index (χ0n) is 6.13. The largest absolute Gasteiger partial charge is 0.468 e. The number of hydrazine groups is 1. The fourth-order valence-corrected chi connectivity index (χ4v) is 0.561. The van der Waals surface area contributed by atoms with E-state index in [1.165, 1.54) is 7.11 Å². The van der Waals surface area contributed by atoms with Crippen molar-refractivity contribution in [2.75, 3.05) is 7.11 Å². The van der Waals surface area contributed by atoms with E-state index >= 15 is 0 Å². The fourth-order valence-electron chi connectivity index (χ4n) is 0.561. The molecule has 0 rings (SSSR count). The first-order valence-corrected chi connectivity index (χ1v) is 2.93. The van der Waals surface area contributed by atoms with Crippen molar-refractivity contribution in [1.29, 1.82) is 0 Å². The number of esters is 1. The maximum absolute atomic E-state index is 10.7. The summed E-state index contributed by atoms with van der Waals surface area (Å²) in [7, 11) is 1.29. The average Bonchev–Trinajstić information content (AvgIpc) is 1.88. The number of hydrogen-bond acceptors (Lipinski definition) is 5. The number of methoxy groups -OCH3 is 1. The second-order valence-corrected chi connectivity index (χ2v) is 2.03. The summed E-state index contributed by atoms with van der Waals surface area (Å²) in [6.45, 7) is 1.67. The molecule has 10 heavy (non-hydrogen) atoms. The molecule has 0 spiro atoms. The molecule has 2 unspecified atom stereocenters.